The minimum Gasteiger partial charge on any atom is -0.477 e. The van der Waals surface area contributed by atoms with Gasteiger partial charge < -0.3 is 19.5 Å². The lowest BCUT2D eigenvalue weighted by molar-refractivity contribution is -0.137. The van der Waals surface area contributed by atoms with Crippen LogP contribution in [0.25, 0.3) is 0 Å². The molecule has 0 aromatic rings. The Labute approximate surface area is 118 Å². The van der Waals surface area contributed by atoms with Gasteiger partial charge in [0.05, 0.1) is 12.7 Å². The van der Waals surface area contributed by atoms with E-state index in [0.717, 1.165) is 0 Å². The Bertz CT molecular complexity index is 472. The van der Waals surface area contributed by atoms with Crippen LogP contribution in [-0.2, 0) is 14.3 Å². The van der Waals surface area contributed by atoms with Crippen LogP contribution in [0.5, 0.6) is 0 Å². The van der Waals surface area contributed by atoms with E-state index in [4.69, 9.17) is 19.8 Å². The number of aliphatic carboxylic acids is 1. The quantitative estimate of drug-likeness (QED) is 0.467. The second kappa shape index (κ2) is 6.55. The molecule has 1 atom stereocenters. The summed E-state index contributed by atoms with van der Waals surface area (Å²) in [4.78, 5) is 12.9. The van der Waals surface area contributed by atoms with Crippen molar-refractivity contribution < 1.29 is 19.4 Å². The molecule has 110 valence electrons. The van der Waals surface area contributed by atoms with Gasteiger partial charge in [-0.2, -0.15) is 5.26 Å². The summed E-state index contributed by atoms with van der Waals surface area (Å²) in [5.41, 5.74) is 0.163. The Hall–Kier alpha value is -1.84. The van der Waals surface area contributed by atoms with E-state index in [-0.39, 0.29) is 11.7 Å². The summed E-state index contributed by atoms with van der Waals surface area (Å²) in [6, 6.07) is 1.73. The Morgan fingerprint density at radius 2 is 2.20 bits per heavy atom. The third-order valence-corrected chi connectivity index (χ3v) is 2.74. The first-order valence-corrected chi connectivity index (χ1v) is 6.28. The third-order valence-electron chi connectivity index (χ3n) is 2.74. The van der Waals surface area contributed by atoms with Crippen molar-refractivity contribution in [1.29, 1.82) is 5.26 Å². The lowest BCUT2D eigenvalue weighted by atomic mass is 10.0. The van der Waals surface area contributed by atoms with Crippen molar-refractivity contribution in [3.05, 3.63) is 23.4 Å². The van der Waals surface area contributed by atoms with Crippen LogP contribution in [-0.4, -0.2) is 48.6 Å². The Kier molecular flexibility index (Phi) is 5.31. The number of hydrogen-bond donors (Lipinski definition) is 1. The number of ether oxygens (including phenoxy) is 2. The molecule has 0 radical (unpaired) electrons. The van der Waals surface area contributed by atoms with E-state index >= 15 is 0 Å². The molecule has 0 amide bonds. The van der Waals surface area contributed by atoms with Crippen molar-refractivity contribution >= 4 is 5.97 Å². The Morgan fingerprint density at radius 1 is 1.55 bits per heavy atom. The molecule has 1 N–H and O–H groups in total. The lowest BCUT2D eigenvalue weighted by Crippen LogP contribution is -2.22. The molecule has 0 aliphatic carbocycles. The fourth-order valence-electron chi connectivity index (χ4n) is 1.86. The summed E-state index contributed by atoms with van der Waals surface area (Å²) in [5, 5.41) is 18.1. The second-order valence-electron chi connectivity index (χ2n) is 5.25. The number of carboxylic acids is 1. The fraction of sp³-hybridized carbons (Fsp3) is 0.571. The van der Waals surface area contributed by atoms with Crippen LogP contribution >= 0.6 is 0 Å². The van der Waals surface area contributed by atoms with Gasteiger partial charge in [0.25, 0.3) is 0 Å². The molecule has 0 aromatic heterocycles. The summed E-state index contributed by atoms with van der Waals surface area (Å²) < 4.78 is 11.1. The first-order valence-electron chi connectivity index (χ1n) is 6.28. The zero-order valence-electron chi connectivity index (χ0n) is 12.2. The van der Waals surface area contributed by atoms with E-state index in [1.807, 2.05) is 14.1 Å². The maximum absolute atomic E-state index is 11.1. The first kappa shape index (κ1) is 16.2. The number of carbonyl (C=O) groups is 1. The zero-order valence-corrected chi connectivity index (χ0v) is 12.2. The third kappa shape index (κ3) is 4.68. The molecule has 1 aliphatic heterocycles. The van der Waals surface area contributed by atoms with Crippen molar-refractivity contribution in [1.82, 2.24) is 4.90 Å². The normalized spacial score (nSPS) is 22.4. The fourth-order valence-corrected chi connectivity index (χ4v) is 1.86. The number of carboxylic acid groups (broad SMARTS) is 1. The van der Waals surface area contributed by atoms with Gasteiger partial charge in [-0.05, 0) is 31.7 Å². The summed E-state index contributed by atoms with van der Waals surface area (Å²) in [6.07, 6.45) is 3.40. The standard InChI is InChI=1S/C14H20N2O4/c1-14(2)19-9-11(20-14)7-10(5-6-16(3)4)12(8-15)13(17)18/h5-6,11H,7,9H2,1-4H3,(H,17,18). The molecule has 1 unspecified atom stereocenters. The maximum atomic E-state index is 11.1. The van der Waals surface area contributed by atoms with E-state index in [1.54, 1.807) is 37.1 Å². The van der Waals surface area contributed by atoms with Crippen LogP contribution in [0.4, 0.5) is 0 Å². The summed E-state index contributed by atoms with van der Waals surface area (Å²) in [7, 11) is 3.64. The van der Waals surface area contributed by atoms with Gasteiger partial charge in [-0.3, -0.25) is 0 Å². The maximum Gasteiger partial charge on any atom is 0.346 e. The minimum atomic E-state index is -1.23. The van der Waals surface area contributed by atoms with Gasteiger partial charge in [-0.1, -0.05) is 0 Å². The molecule has 0 saturated carbocycles. The Morgan fingerprint density at radius 3 is 2.60 bits per heavy atom. The van der Waals surface area contributed by atoms with Gasteiger partial charge in [-0.15, -0.1) is 0 Å². The highest BCUT2D eigenvalue weighted by molar-refractivity contribution is 5.92. The number of allylic oxidation sites excluding steroid dienone is 1. The average molecular weight is 280 g/mol. The molecular formula is C14H20N2O4. The molecule has 1 heterocycles. The van der Waals surface area contributed by atoms with Crippen molar-refractivity contribution in [3.8, 4) is 6.07 Å². The van der Waals surface area contributed by atoms with E-state index in [9.17, 15) is 4.79 Å². The molecule has 1 fully saturated rings. The minimum absolute atomic E-state index is 0.255. The van der Waals surface area contributed by atoms with Crippen LogP contribution in [0.15, 0.2) is 23.4 Å². The number of nitrogens with zero attached hydrogens (tertiary/aromatic N) is 2. The molecule has 0 bridgehead atoms. The predicted octanol–water partition coefficient (Wildman–Crippen LogP) is 1.51. The summed E-state index contributed by atoms with van der Waals surface area (Å²) >= 11 is 0. The van der Waals surface area contributed by atoms with E-state index in [1.165, 1.54) is 0 Å². The van der Waals surface area contributed by atoms with Gasteiger partial charge in [0.2, 0.25) is 0 Å². The topological polar surface area (TPSA) is 82.8 Å². The van der Waals surface area contributed by atoms with E-state index < -0.39 is 11.8 Å². The highest BCUT2D eigenvalue weighted by Crippen LogP contribution is 2.27. The molecule has 6 nitrogen and oxygen atoms in total. The van der Waals surface area contributed by atoms with Gasteiger partial charge >= 0.3 is 5.97 Å². The van der Waals surface area contributed by atoms with Gasteiger partial charge in [0.15, 0.2) is 5.79 Å². The van der Waals surface area contributed by atoms with E-state index in [0.29, 0.717) is 18.6 Å². The molecule has 1 aliphatic rings. The number of rotatable bonds is 5. The molecule has 6 heteroatoms. The average Bonchev–Trinajstić information content (AvgIpc) is 2.65. The lowest BCUT2D eigenvalue weighted by Gasteiger charge is -2.17. The Balaban J connectivity index is 2.96. The second-order valence-corrected chi connectivity index (χ2v) is 5.25. The SMILES string of the molecule is CN(C)C=CC(CC1COC(C)(C)O1)=C(C#N)C(=O)O. The van der Waals surface area contributed by atoms with Gasteiger partial charge in [0.1, 0.15) is 11.6 Å². The van der Waals surface area contributed by atoms with Crippen LogP contribution in [0.2, 0.25) is 0 Å². The summed E-state index contributed by atoms with van der Waals surface area (Å²) in [6.45, 7) is 3.98. The molecule has 1 saturated heterocycles. The molecular weight excluding hydrogens is 260 g/mol. The van der Waals surface area contributed by atoms with Crippen LogP contribution in [0.1, 0.15) is 20.3 Å². The van der Waals surface area contributed by atoms with Gasteiger partial charge in [-0.25, -0.2) is 4.79 Å². The molecule has 1 rings (SSSR count). The van der Waals surface area contributed by atoms with Crippen LogP contribution < -0.4 is 0 Å². The van der Waals surface area contributed by atoms with Crippen molar-refractivity contribution in [2.45, 2.75) is 32.2 Å². The number of hydrogen-bond acceptors (Lipinski definition) is 5. The smallest absolute Gasteiger partial charge is 0.346 e. The first-order chi connectivity index (χ1) is 9.25. The molecule has 20 heavy (non-hydrogen) atoms. The highest BCUT2D eigenvalue weighted by atomic mass is 16.7. The summed E-state index contributed by atoms with van der Waals surface area (Å²) in [5.74, 6) is -1.90. The zero-order chi connectivity index (χ0) is 15.3. The number of nitriles is 1. The van der Waals surface area contributed by atoms with E-state index in [2.05, 4.69) is 0 Å². The highest BCUT2D eigenvalue weighted by Gasteiger charge is 2.33. The van der Waals surface area contributed by atoms with Crippen molar-refractivity contribution in [2.75, 3.05) is 20.7 Å². The predicted molar refractivity (Wildman–Crippen MR) is 72.6 cm³/mol. The van der Waals surface area contributed by atoms with Crippen LogP contribution in [0, 0.1) is 11.3 Å². The molecule has 0 aromatic carbocycles. The van der Waals surface area contributed by atoms with Crippen molar-refractivity contribution in [2.24, 2.45) is 0 Å². The largest absolute Gasteiger partial charge is 0.477 e. The van der Waals surface area contributed by atoms with Gasteiger partial charge in [0, 0.05) is 20.5 Å². The van der Waals surface area contributed by atoms with Crippen molar-refractivity contribution in [3.63, 3.8) is 0 Å². The van der Waals surface area contributed by atoms with Crippen LogP contribution in [0.3, 0.4) is 0 Å². The molecule has 0 spiro atoms. The monoisotopic (exact) mass is 280 g/mol.